The highest BCUT2D eigenvalue weighted by Gasteiger charge is 2.10. The third kappa shape index (κ3) is 2.37. The lowest BCUT2D eigenvalue weighted by Crippen LogP contribution is -2.25. The molecule has 0 unspecified atom stereocenters. The minimum Gasteiger partial charge on any atom is -0.279 e. The molecule has 96 valence electrons. The molecule has 0 fully saturated rings. The summed E-state index contributed by atoms with van der Waals surface area (Å²) in [5, 5.41) is 4.38. The van der Waals surface area contributed by atoms with Crippen molar-refractivity contribution >= 4 is 0 Å². The van der Waals surface area contributed by atoms with Gasteiger partial charge in [-0.1, -0.05) is 36.8 Å². The number of hydrogen-bond acceptors (Lipinski definition) is 2. The van der Waals surface area contributed by atoms with E-state index in [9.17, 15) is 4.79 Å². The Kier molecular flexibility index (Phi) is 3.65. The van der Waals surface area contributed by atoms with E-state index in [1.807, 2.05) is 26.0 Å². The molecule has 0 saturated carbocycles. The van der Waals surface area contributed by atoms with Crippen molar-refractivity contribution < 1.29 is 0 Å². The van der Waals surface area contributed by atoms with Crippen molar-refractivity contribution in [1.82, 2.24) is 14.3 Å². The summed E-state index contributed by atoms with van der Waals surface area (Å²) in [6.45, 7) is 7.26. The van der Waals surface area contributed by atoms with Gasteiger partial charge in [0.15, 0.2) is 0 Å². The summed E-state index contributed by atoms with van der Waals surface area (Å²) < 4.78 is 3.28. The molecule has 0 aliphatic heterocycles. The lowest BCUT2D eigenvalue weighted by Gasteiger charge is -2.00. The predicted octanol–water partition coefficient (Wildman–Crippen LogP) is 1.98. The van der Waals surface area contributed by atoms with Gasteiger partial charge in [0, 0.05) is 13.0 Å². The summed E-state index contributed by atoms with van der Waals surface area (Å²) in [7, 11) is 0. The van der Waals surface area contributed by atoms with Gasteiger partial charge in [-0.05, 0) is 19.4 Å². The molecule has 2 aromatic rings. The second-order valence-electron chi connectivity index (χ2n) is 4.44. The molecule has 0 N–H and O–H groups in total. The maximum Gasteiger partial charge on any atom is 0.346 e. The molecule has 0 radical (unpaired) electrons. The highest BCUT2D eigenvalue weighted by molar-refractivity contribution is 5.21. The molecular weight excluding hydrogens is 226 g/mol. The van der Waals surface area contributed by atoms with Crippen molar-refractivity contribution in [1.29, 1.82) is 0 Å². The Morgan fingerprint density at radius 1 is 1.17 bits per heavy atom. The number of hydrogen-bond donors (Lipinski definition) is 0. The maximum atomic E-state index is 12.1. The fraction of sp³-hybridized carbons (Fsp3) is 0.429. The summed E-state index contributed by atoms with van der Waals surface area (Å²) >= 11 is 0. The summed E-state index contributed by atoms with van der Waals surface area (Å²) in [6.07, 6.45) is 0.782. The number of nitrogens with zero attached hydrogens (tertiary/aromatic N) is 3. The van der Waals surface area contributed by atoms with Crippen LogP contribution in [0.5, 0.6) is 0 Å². The van der Waals surface area contributed by atoms with Crippen molar-refractivity contribution in [3.8, 4) is 0 Å². The van der Waals surface area contributed by atoms with Crippen molar-refractivity contribution in [2.24, 2.45) is 0 Å². The fourth-order valence-electron chi connectivity index (χ4n) is 2.03. The minimum atomic E-state index is -0.0186. The molecule has 0 atom stereocenters. The first-order chi connectivity index (χ1) is 8.65. The molecule has 1 aromatic carbocycles. The maximum absolute atomic E-state index is 12.1. The van der Waals surface area contributed by atoms with Gasteiger partial charge in [-0.3, -0.25) is 4.57 Å². The number of benzene rings is 1. The first-order valence-corrected chi connectivity index (χ1v) is 6.37. The van der Waals surface area contributed by atoms with Gasteiger partial charge in [-0.2, -0.15) is 5.10 Å². The Morgan fingerprint density at radius 3 is 2.33 bits per heavy atom. The molecule has 1 heterocycles. The van der Waals surface area contributed by atoms with Crippen LogP contribution in [0.25, 0.3) is 0 Å². The molecule has 0 aliphatic carbocycles. The largest absolute Gasteiger partial charge is 0.346 e. The molecule has 18 heavy (non-hydrogen) atoms. The molecule has 4 heteroatoms. The topological polar surface area (TPSA) is 39.8 Å². The molecule has 0 bridgehead atoms. The Hall–Kier alpha value is -1.84. The zero-order valence-corrected chi connectivity index (χ0v) is 11.2. The zero-order valence-electron chi connectivity index (χ0n) is 11.2. The lowest BCUT2D eigenvalue weighted by atomic mass is 10.1. The van der Waals surface area contributed by atoms with Crippen LogP contribution in [0.4, 0.5) is 0 Å². The quantitative estimate of drug-likeness (QED) is 0.826. The third-order valence-corrected chi connectivity index (χ3v) is 3.08. The molecule has 0 amide bonds. The summed E-state index contributed by atoms with van der Waals surface area (Å²) in [6, 6.07) is 8.19. The summed E-state index contributed by atoms with van der Waals surface area (Å²) in [5.74, 6) is 0.856. The molecule has 0 spiro atoms. The Bertz CT molecular complexity index is 578. The fourth-order valence-corrected chi connectivity index (χ4v) is 2.03. The highest BCUT2D eigenvalue weighted by atomic mass is 16.2. The van der Waals surface area contributed by atoms with E-state index in [-0.39, 0.29) is 5.69 Å². The lowest BCUT2D eigenvalue weighted by molar-refractivity contribution is 0.631. The monoisotopic (exact) mass is 245 g/mol. The third-order valence-electron chi connectivity index (χ3n) is 3.08. The Labute approximate surface area is 107 Å². The predicted molar refractivity (Wildman–Crippen MR) is 71.8 cm³/mol. The second kappa shape index (κ2) is 5.21. The molecule has 1 aromatic heterocycles. The van der Waals surface area contributed by atoms with Crippen LogP contribution < -0.4 is 5.69 Å². The van der Waals surface area contributed by atoms with E-state index in [4.69, 9.17) is 0 Å². The normalized spacial score (nSPS) is 10.8. The van der Waals surface area contributed by atoms with Crippen LogP contribution in [0.3, 0.4) is 0 Å². The van der Waals surface area contributed by atoms with E-state index in [1.54, 1.807) is 9.25 Å². The van der Waals surface area contributed by atoms with Gasteiger partial charge in [0.25, 0.3) is 0 Å². The van der Waals surface area contributed by atoms with Crippen LogP contribution in [-0.4, -0.2) is 14.3 Å². The van der Waals surface area contributed by atoms with Gasteiger partial charge in [0.1, 0.15) is 5.82 Å². The van der Waals surface area contributed by atoms with E-state index in [0.717, 1.165) is 17.8 Å². The van der Waals surface area contributed by atoms with E-state index in [1.165, 1.54) is 5.56 Å². The van der Waals surface area contributed by atoms with E-state index >= 15 is 0 Å². The molecule has 0 saturated heterocycles. The molecule has 0 aliphatic rings. The second-order valence-corrected chi connectivity index (χ2v) is 4.44. The van der Waals surface area contributed by atoms with Crippen molar-refractivity contribution in [2.45, 2.75) is 40.3 Å². The first kappa shape index (κ1) is 12.6. The van der Waals surface area contributed by atoms with Crippen molar-refractivity contribution in [3.05, 3.63) is 51.7 Å². The van der Waals surface area contributed by atoms with Gasteiger partial charge in [-0.25, -0.2) is 9.48 Å². The Balaban J connectivity index is 2.32. The average Bonchev–Trinajstić information content (AvgIpc) is 2.68. The van der Waals surface area contributed by atoms with Crippen LogP contribution in [0.2, 0.25) is 0 Å². The SMILES string of the molecule is CCc1nn(Cc2ccc(C)cc2)c(=O)n1CC. The van der Waals surface area contributed by atoms with Crippen LogP contribution in [0.1, 0.15) is 30.8 Å². The van der Waals surface area contributed by atoms with Crippen LogP contribution >= 0.6 is 0 Å². The van der Waals surface area contributed by atoms with Crippen molar-refractivity contribution in [2.75, 3.05) is 0 Å². The van der Waals surface area contributed by atoms with Crippen LogP contribution in [-0.2, 0) is 19.5 Å². The van der Waals surface area contributed by atoms with Crippen LogP contribution in [0.15, 0.2) is 29.1 Å². The van der Waals surface area contributed by atoms with Crippen LogP contribution in [0, 0.1) is 6.92 Å². The van der Waals surface area contributed by atoms with Crippen molar-refractivity contribution in [3.63, 3.8) is 0 Å². The molecule has 4 nitrogen and oxygen atoms in total. The molecular formula is C14H19N3O. The van der Waals surface area contributed by atoms with Gasteiger partial charge in [-0.15, -0.1) is 0 Å². The van der Waals surface area contributed by atoms with Gasteiger partial charge < -0.3 is 0 Å². The first-order valence-electron chi connectivity index (χ1n) is 6.37. The zero-order chi connectivity index (χ0) is 13.1. The highest BCUT2D eigenvalue weighted by Crippen LogP contribution is 2.04. The summed E-state index contributed by atoms with van der Waals surface area (Å²) in [5.41, 5.74) is 2.31. The summed E-state index contributed by atoms with van der Waals surface area (Å²) in [4.78, 5) is 12.1. The van der Waals surface area contributed by atoms with E-state index in [0.29, 0.717) is 13.1 Å². The number of aryl methyl sites for hydroxylation is 2. The van der Waals surface area contributed by atoms with Gasteiger partial charge in [0.2, 0.25) is 0 Å². The average molecular weight is 245 g/mol. The van der Waals surface area contributed by atoms with E-state index in [2.05, 4.69) is 24.2 Å². The standard InChI is InChI=1S/C14H19N3O/c1-4-13-15-17(14(18)16(13)5-2)10-12-8-6-11(3)7-9-12/h6-9H,4-5,10H2,1-3H3. The number of rotatable bonds is 4. The van der Waals surface area contributed by atoms with E-state index < -0.39 is 0 Å². The van der Waals surface area contributed by atoms with Gasteiger partial charge >= 0.3 is 5.69 Å². The number of aromatic nitrogens is 3. The minimum absolute atomic E-state index is 0.0186. The Morgan fingerprint density at radius 2 is 1.83 bits per heavy atom. The molecule has 2 rings (SSSR count). The van der Waals surface area contributed by atoms with Gasteiger partial charge in [0.05, 0.1) is 6.54 Å². The smallest absolute Gasteiger partial charge is 0.279 e.